The average molecular weight is 356 g/mol. The maximum atomic E-state index is 12.1. The van der Waals surface area contributed by atoms with Gasteiger partial charge in [0.15, 0.2) is 0 Å². The van der Waals surface area contributed by atoms with E-state index in [2.05, 4.69) is 10.2 Å². The Labute approximate surface area is 149 Å². The molecule has 1 heterocycles. The van der Waals surface area contributed by atoms with Crippen LogP contribution in [0, 0.1) is 0 Å². The molecular weight excluding hydrogens is 330 g/mol. The molecule has 1 atom stereocenters. The van der Waals surface area contributed by atoms with Crippen LogP contribution in [0.25, 0.3) is 0 Å². The summed E-state index contributed by atoms with van der Waals surface area (Å²) in [7, 11) is 1.86. The molecule has 2 N–H and O–H groups in total. The smallest absolute Gasteiger partial charge is 0.317 e. The fraction of sp³-hybridized carbons (Fsp3) is 0.529. The third kappa shape index (κ3) is 6.86. The summed E-state index contributed by atoms with van der Waals surface area (Å²) in [4.78, 5) is 27.0. The predicted molar refractivity (Wildman–Crippen MR) is 96.7 cm³/mol. The number of benzene rings is 1. The first-order chi connectivity index (χ1) is 11.0. The van der Waals surface area contributed by atoms with Crippen molar-refractivity contribution >= 4 is 30.0 Å². The van der Waals surface area contributed by atoms with Crippen molar-refractivity contribution < 1.29 is 14.7 Å². The molecule has 0 aromatic heterocycles. The molecule has 0 radical (unpaired) electrons. The van der Waals surface area contributed by atoms with Crippen LogP contribution in [0.3, 0.4) is 0 Å². The van der Waals surface area contributed by atoms with Crippen LogP contribution >= 0.6 is 12.4 Å². The lowest BCUT2D eigenvalue weighted by atomic mass is 10.1. The Morgan fingerprint density at radius 2 is 1.96 bits per heavy atom. The van der Waals surface area contributed by atoms with E-state index in [1.54, 1.807) is 0 Å². The molecule has 7 heteroatoms. The summed E-state index contributed by atoms with van der Waals surface area (Å²) in [5, 5.41) is 11.8. The van der Waals surface area contributed by atoms with Gasteiger partial charge in [0, 0.05) is 18.3 Å². The van der Waals surface area contributed by atoms with Crippen LogP contribution in [0.5, 0.6) is 0 Å². The zero-order valence-corrected chi connectivity index (χ0v) is 14.8. The summed E-state index contributed by atoms with van der Waals surface area (Å²) in [5.74, 6) is -0.801. The molecule has 24 heavy (non-hydrogen) atoms. The van der Waals surface area contributed by atoms with Gasteiger partial charge in [0.25, 0.3) is 0 Å². The van der Waals surface area contributed by atoms with E-state index in [4.69, 9.17) is 5.11 Å². The van der Waals surface area contributed by atoms with E-state index in [0.717, 1.165) is 38.0 Å². The number of likely N-dealkylation sites (N-methyl/N-ethyl adjacent to an activating group) is 1. The second-order valence-corrected chi connectivity index (χ2v) is 6.08. The number of anilines is 1. The number of likely N-dealkylation sites (tertiary alicyclic amines) is 1. The van der Waals surface area contributed by atoms with E-state index in [0.29, 0.717) is 6.54 Å². The molecule has 1 unspecified atom stereocenters. The Kier molecular flexibility index (Phi) is 8.74. The number of hydrogen-bond donors (Lipinski definition) is 2. The van der Waals surface area contributed by atoms with Gasteiger partial charge in [0.2, 0.25) is 5.91 Å². The van der Waals surface area contributed by atoms with Crippen molar-refractivity contribution in [2.75, 3.05) is 38.5 Å². The van der Waals surface area contributed by atoms with Gasteiger partial charge >= 0.3 is 5.97 Å². The highest BCUT2D eigenvalue weighted by molar-refractivity contribution is 5.92. The summed E-state index contributed by atoms with van der Waals surface area (Å²) < 4.78 is 0. The van der Waals surface area contributed by atoms with E-state index < -0.39 is 5.97 Å². The van der Waals surface area contributed by atoms with Crippen LogP contribution in [0.4, 0.5) is 5.69 Å². The molecule has 2 rings (SSSR count). The Bertz CT molecular complexity index is 527. The number of carbonyl (C=O) groups is 2. The van der Waals surface area contributed by atoms with Crippen LogP contribution in [0.15, 0.2) is 30.3 Å². The van der Waals surface area contributed by atoms with E-state index in [1.165, 1.54) is 0 Å². The number of carboxylic acid groups (broad SMARTS) is 1. The lowest BCUT2D eigenvalue weighted by molar-refractivity contribution is -0.138. The third-order valence-corrected chi connectivity index (χ3v) is 4.22. The van der Waals surface area contributed by atoms with Crippen molar-refractivity contribution in [2.24, 2.45) is 0 Å². The lowest BCUT2D eigenvalue weighted by Gasteiger charge is -2.25. The molecule has 1 fully saturated rings. The van der Waals surface area contributed by atoms with Crippen molar-refractivity contribution in [3.8, 4) is 0 Å². The van der Waals surface area contributed by atoms with Crippen molar-refractivity contribution in [3.63, 3.8) is 0 Å². The fourth-order valence-corrected chi connectivity index (χ4v) is 3.00. The molecule has 1 saturated heterocycles. The fourth-order valence-electron chi connectivity index (χ4n) is 3.00. The molecular formula is C17H26ClN3O3. The number of nitrogens with one attached hydrogen (secondary N) is 1. The summed E-state index contributed by atoms with van der Waals surface area (Å²) in [6.45, 7) is 2.14. The molecule has 1 aromatic rings. The summed E-state index contributed by atoms with van der Waals surface area (Å²) in [6.07, 6.45) is 2.84. The molecule has 1 aliphatic rings. The zero-order chi connectivity index (χ0) is 16.7. The highest BCUT2D eigenvalue weighted by Crippen LogP contribution is 2.16. The third-order valence-electron chi connectivity index (χ3n) is 4.22. The Morgan fingerprint density at radius 3 is 2.62 bits per heavy atom. The Morgan fingerprint density at radius 1 is 1.25 bits per heavy atom. The van der Waals surface area contributed by atoms with Gasteiger partial charge in [0.1, 0.15) is 0 Å². The van der Waals surface area contributed by atoms with Gasteiger partial charge in [-0.15, -0.1) is 12.4 Å². The lowest BCUT2D eigenvalue weighted by Crippen LogP contribution is -2.37. The first-order valence-corrected chi connectivity index (χ1v) is 8.04. The van der Waals surface area contributed by atoms with E-state index in [9.17, 15) is 9.59 Å². The van der Waals surface area contributed by atoms with Crippen molar-refractivity contribution in [2.45, 2.75) is 25.3 Å². The average Bonchev–Trinajstić information content (AvgIpc) is 2.73. The number of amides is 1. The molecule has 6 nitrogen and oxygen atoms in total. The molecule has 1 aromatic carbocycles. The monoisotopic (exact) mass is 355 g/mol. The Balaban J connectivity index is 0.00000288. The number of rotatable bonds is 6. The van der Waals surface area contributed by atoms with E-state index in [-0.39, 0.29) is 30.9 Å². The van der Waals surface area contributed by atoms with Gasteiger partial charge < -0.3 is 10.4 Å². The molecule has 0 spiro atoms. The molecule has 0 bridgehead atoms. The van der Waals surface area contributed by atoms with E-state index >= 15 is 0 Å². The minimum atomic E-state index is -0.796. The summed E-state index contributed by atoms with van der Waals surface area (Å²) in [5.41, 5.74) is 0.811. The second kappa shape index (κ2) is 10.3. The van der Waals surface area contributed by atoms with Gasteiger partial charge in [0.05, 0.1) is 13.1 Å². The van der Waals surface area contributed by atoms with Gasteiger partial charge in [-0.3, -0.25) is 19.4 Å². The Hall–Kier alpha value is -1.63. The largest absolute Gasteiger partial charge is 0.480 e. The summed E-state index contributed by atoms with van der Waals surface area (Å²) >= 11 is 0. The number of halogens is 1. The highest BCUT2D eigenvalue weighted by Gasteiger charge is 2.22. The SMILES string of the molecule is CN(CC(=O)O)C1CCCN(CC(=O)Nc2ccccc2)CC1.Cl. The van der Waals surface area contributed by atoms with Gasteiger partial charge in [-0.05, 0) is 45.0 Å². The minimum Gasteiger partial charge on any atom is -0.480 e. The highest BCUT2D eigenvalue weighted by atomic mass is 35.5. The van der Waals surface area contributed by atoms with Crippen molar-refractivity contribution in [1.29, 1.82) is 0 Å². The van der Waals surface area contributed by atoms with Gasteiger partial charge in [-0.25, -0.2) is 0 Å². The molecule has 0 aliphatic carbocycles. The van der Waals surface area contributed by atoms with E-state index in [1.807, 2.05) is 42.3 Å². The van der Waals surface area contributed by atoms with Crippen molar-refractivity contribution in [3.05, 3.63) is 30.3 Å². The number of carboxylic acids is 1. The minimum absolute atomic E-state index is 0. The second-order valence-electron chi connectivity index (χ2n) is 6.08. The number of hydrogen-bond acceptors (Lipinski definition) is 4. The van der Waals surface area contributed by atoms with Crippen molar-refractivity contribution in [1.82, 2.24) is 9.80 Å². The zero-order valence-electron chi connectivity index (χ0n) is 14.0. The molecule has 0 saturated carbocycles. The number of aliphatic carboxylic acids is 1. The standard InChI is InChI=1S/C17H25N3O3.ClH/c1-19(13-17(22)23)15-8-5-10-20(11-9-15)12-16(21)18-14-6-3-2-4-7-14;/h2-4,6-7,15H,5,8-13H2,1H3,(H,18,21)(H,22,23);1H. The van der Waals surface area contributed by atoms with Crippen LogP contribution in [-0.2, 0) is 9.59 Å². The molecule has 1 amide bonds. The van der Waals surface area contributed by atoms with Crippen LogP contribution in [0.1, 0.15) is 19.3 Å². The summed E-state index contributed by atoms with van der Waals surface area (Å²) in [6, 6.07) is 9.72. The number of nitrogens with zero attached hydrogens (tertiary/aromatic N) is 2. The first kappa shape index (κ1) is 20.4. The number of para-hydroxylation sites is 1. The first-order valence-electron chi connectivity index (χ1n) is 8.04. The molecule has 1 aliphatic heterocycles. The maximum absolute atomic E-state index is 12.1. The van der Waals surface area contributed by atoms with Crippen LogP contribution in [0.2, 0.25) is 0 Å². The van der Waals surface area contributed by atoms with Gasteiger partial charge in [-0.1, -0.05) is 18.2 Å². The number of carbonyl (C=O) groups excluding carboxylic acids is 1. The maximum Gasteiger partial charge on any atom is 0.317 e. The topological polar surface area (TPSA) is 72.9 Å². The normalized spacial score (nSPS) is 18.5. The molecule has 134 valence electrons. The predicted octanol–water partition coefficient (Wildman–Crippen LogP) is 1.92. The van der Waals surface area contributed by atoms with Gasteiger partial charge in [-0.2, -0.15) is 0 Å². The quantitative estimate of drug-likeness (QED) is 0.815. The van der Waals surface area contributed by atoms with Crippen LogP contribution < -0.4 is 5.32 Å². The van der Waals surface area contributed by atoms with Crippen LogP contribution in [-0.4, -0.2) is 66.1 Å².